The summed E-state index contributed by atoms with van der Waals surface area (Å²) in [5.41, 5.74) is 0.616. The van der Waals surface area contributed by atoms with E-state index in [4.69, 9.17) is 9.26 Å². The van der Waals surface area contributed by atoms with Crippen LogP contribution in [0.15, 0.2) is 52.4 Å². The Balaban J connectivity index is 1.57. The standard InChI is InChI=1S/C16H11FN2O3S/c17-12-5-3-11(4-6-12)16-18-14(22-19-16)10-21-15(20)8-7-13-2-1-9-23-13/h1-9H,10H2/b8-7+. The van der Waals surface area contributed by atoms with Gasteiger partial charge in [-0.15, -0.1) is 11.3 Å². The van der Waals surface area contributed by atoms with Crippen LogP contribution in [-0.4, -0.2) is 16.1 Å². The van der Waals surface area contributed by atoms with Crippen LogP contribution >= 0.6 is 11.3 Å². The number of thiophene rings is 1. The van der Waals surface area contributed by atoms with Gasteiger partial charge in [0.05, 0.1) is 0 Å². The predicted molar refractivity (Wildman–Crippen MR) is 82.8 cm³/mol. The highest BCUT2D eigenvalue weighted by molar-refractivity contribution is 7.10. The normalized spacial score (nSPS) is 11.0. The van der Waals surface area contributed by atoms with Crippen molar-refractivity contribution in [1.29, 1.82) is 0 Å². The van der Waals surface area contributed by atoms with Gasteiger partial charge in [-0.05, 0) is 41.8 Å². The molecule has 0 saturated heterocycles. The number of hydrogen-bond acceptors (Lipinski definition) is 6. The van der Waals surface area contributed by atoms with Gasteiger partial charge in [-0.2, -0.15) is 4.98 Å². The molecule has 0 spiro atoms. The maximum Gasteiger partial charge on any atom is 0.331 e. The van der Waals surface area contributed by atoms with E-state index in [1.54, 1.807) is 18.2 Å². The molecule has 0 aliphatic heterocycles. The van der Waals surface area contributed by atoms with Crippen molar-refractivity contribution < 1.29 is 18.4 Å². The lowest BCUT2D eigenvalue weighted by atomic mass is 10.2. The first-order chi connectivity index (χ1) is 11.2. The highest BCUT2D eigenvalue weighted by atomic mass is 32.1. The number of esters is 1. The second kappa shape index (κ2) is 6.97. The number of nitrogens with zero attached hydrogens (tertiary/aromatic N) is 2. The lowest BCUT2D eigenvalue weighted by molar-refractivity contribution is -0.139. The number of carbonyl (C=O) groups is 1. The van der Waals surface area contributed by atoms with Gasteiger partial charge < -0.3 is 9.26 Å². The van der Waals surface area contributed by atoms with Gasteiger partial charge >= 0.3 is 5.97 Å². The highest BCUT2D eigenvalue weighted by Crippen LogP contribution is 2.16. The van der Waals surface area contributed by atoms with Crippen molar-refractivity contribution in [2.75, 3.05) is 0 Å². The lowest BCUT2D eigenvalue weighted by Crippen LogP contribution is -2.00. The zero-order valence-corrected chi connectivity index (χ0v) is 12.6. The molecular formula is C16H11FN2O3S. The summed E-state index contributed by atoms with van der Waals surface area (Å²) in [6, 6.07) is 9.48. The van der Waals surface area contributed by atoms with Gasteiger partial charge in [0.25, 0.3) is 5.89 Å². The van der Waals surface area contributed by atoms with E-state index in [9.17, 15) is 9.18 Å². The van der Waals surface area contributed by atoms with Crippen LogP contribution in [0, 0.1) is 5.82 Å². The fraction of sp³-hybridized carbons (Fsp3) is 0.0625. The first-order valence-electron chi connectivity index (χ1n) is 6.67. The maximum atomic E-state index is 12.9. The third-order valence-electron chi connectivity index (χ3n) is 2.84. The molecule has 7 heteroatoms. The van der Waals surface area contributed by atoms with Crippen molar-refractivity contribution in [2.24, 2.45) is 0 Å². The Hall–Kier alpha value is -2.80. The van der Waals surface area contributed by atoms with E-state index in [-0.39, 0.29) is 18.3 Å². The van der Waals surface area contributed by atoms with Crippen molar-refractivity contribution in [3.63, 3.8) is 0 Å². The molecule has 1 aromatic carbocycles. The molecule has 2 aromatic heterocycles. The van der Waals surface area contributed by atoms with E-state index in [1.807, 2.05) is 17.5 Å². The van der Waals surface area contributed by atoms with Gasteiger partial charge in [-0.3, -0.25) is 0 Å². The van der Waals surface area contributed by atoms with Crippen LogP contribution in [0.1, 0.15) is 10.8 Å². The van der Waals surface area contributed by atoms with Gasteiger partial charge in [0, 0.05) is 16.5 Å². The Morgan fingerprint density at radius 2 is 2.13 bits per heavy atom. The van der Waals surface area contributed by atoms with Crippen molar-refractivity contribution >= 4 is 23.4 Å². The first-order valence-corrected chi connectivity index (χ1v) is 7.55. The topological polar surface area (TPSA) is 65.2 Å². The fourth-order valence-corrected chi connectivity index (χ4v) is 2.36. The van der Waals surface area contributed by atoms with Gasteiger partial charge in [0.15, 0.2) is 6.61 Å². The summed E-state index contributed by atoms with van der Waals surface area (Å²) in [5, 5.41) is 5.68. The van der Waals surface area contributed by atoms with Gasteiger partial charge in [-0.1, -0.05) is 11.2 Å². The molecule has 0 aliphatic rings. The van der Waals surface area contributed by atoms with Crippen LogP contribution in [0.3, 0.4) is 0 Å². The van der Waals surface area contributed by atoms with E-state index in [0.29, 0.717) is 11.4 Å². The van der Waals surface area contributed by atoms with Crippen molar-refractivity contribution in [3.05, 3.63) is 64.4 Å². The minimum Gasteiger partial charge on any atom is -0.452 e. The fourth-order valence-electron chi connectivity index (χ4n) is 1.75. The minimum atomic E-state index is -0.500. The smallest absolute Gasteiger partial charge is 0.331 e. The van der Waals surface area contributed by atoms with E-state index < -0.39 is 5.97 Å². The Labute approximate surface area is 135 Å². The minimum absolute atomic E-state index is 0.123. The molecule has 116 valence electrons. The summed E-state index contributed by atoms with van der Waals surface area (Å²) in [5.74, 6) is -0.365. The average molecular weight is 330 g/mol. The van der Waals surface area contributed by atoms with Crippen molar-refractivity contribution in [3.8, 4) is 11.4 Å². The van der Waals surface area contributed by atoms with Crippen LogP contribution in [0.4, 0.5) is 4.39 Å². The average Bonchev–Trinajstić information content (AvgIpc) is 3.23. The highest BCUT2D eigenvalue weighted by Gasteiger charge is 2.10. The molecule has 5 nitrogen and oxygen atoms in total. The number of ether oxygens (including phenoxy) is 1. The maximum absolute atomic E-state index is 12.9. The third-order valence-corrected chi connectivity index (χ3v) is 3.67. The molecule has 0 radical (unpaired) electrons. The molecule has 3 aromatic rings. The number of aromatic nitrogens is 2. The summed E-state index contributed by atoms with van der Waals surface area (Å²) >= 11 is 1.52. The van der Waals surface area contributed by atoms with Crippen molar-refractivity contribution in [2.45, 2.75) is 6.61 Å². The van der Waals surface area contributed by atoms with E-state index >= 15 is 0 Å². The Morgan fingerprint density at radius 3 is 2.87 bits per heavy atom. The number of hydrogen-bond donors (Lipinski definition) is 0. The molecule has 2 heterocycles. The Kier molecular flexibility index (Phi) is 4.58. The summed E-state index contributed by atoms with van der Waals surface area (Å²) < 4.78 is 22.9. The van der Waals surface area contributed by atoms with Crippen molar-refractivity contribution in [1.82, 2.24) is 10.1 Å². The Bertz CT molecular complexity index is 810. The number of rotatable bonds is 5. The van der Waals surface area contributed by atoms with E-state index in [2.05, 4.69) is 10.1 Å². The molecule has 23 heavy (non-hydrogen) atoms. The molecule has 0 N–H and O–H groups in total. The molecule has 0 unspecified atom stereocenters. The summed E-state index contributed by atoms with van der Waals surface area (Å²) in [4.78, 5) is 16.6. The number of carbonyl (C=O) groups excluding carboxylic acids is 1. The SMILES string of the molecule is O=C(/C=C/c1cccs1)OCc1nc(-c2ccc(F)cc2)no1. The zero-order chi connectivity index (χ0) is 16.1. The Morgan fingerprint density at radius 1 is 1.30 bits per heavy atom. The monoisotopic (exact) mass is 330 g/mol. The van der Waals surface area contributed by atoms with Crippen LogP contribution in [0.25, 0.3) is 17.5 Å². The summed E-state index contributed by atoms with van der Waals surface area (Å²) in [7, 11) is 0. The van der Waals surface area contributed by atoms with Crippen LogP contribution < -0.4 is 0 Å². The third kappa shape index (κ3) is 4.10. The molecular weight excluding hydrogens is 319 g/mol. The van der Waals surface area contributed by atoms with Crippen LogP contribution in [0.5, 0.6) is 0 Å². The largest absolute Gasteiger partial charge is 0.452 e. The molecule has 0 atom stereocenters. The number of halogens is 1. The number of benzene rings is 1. The van der Waals surface area contributed by atoms with Gasteiger partial charge in [-0.25, -0.2) is 9.18 Å². The predicted octanol–water partition coefficient (Wildman–Crippen LogP) is 3.69. The molecule has 0 amide bonds. The molecule has 0 aliphatic carbocycles. The molecule has 0 saturated carbocycles. The molecule has 0 fully saturated rings. The van der Waals surface area contributed by atoms with Crippen LogP contribution in [0.2, 0.25) is 0 Å². The quantitative estimate of drug-likeness (QED) is 0.527. The second-order valence-corrected chi connectivity index (χ2v) is 5.45. The second-order valence-electron chi connectivity index (χ2n) is 4.48. The first kappa shape index (κ1) is 15.1. The zero-order valence-electron chi connectivity index (χ0n) is 11.8. The summed E-state index contributed by atoms with van der Waals surface area (Å²) in [6.07, 6.45) is 3.01. The van der Waals surface area contributed by atoms with E-state index in [1.165, 1.54) is 29.5 Å². The molecule has 3 rings (SSSR count). The van der Waals surface area contributed by atoms with Gasteiger partial charge in [0.1, 0.15) is 5.82 Å². The van der Waals surface area contributed by atoms with Gasteiger partial charge in [0.2, 0.25) is 5.82 Å². The summed E-state index contributed by atoms with van der Waals surface area (Å²) in [6.45, 7) is -0.123. The lowest BCUT2D eigenvalue weighted by Gasteiger charge is -1.96. The van der Waals surface area contributed by atoms with Crippen LogP contribution in [-0.2, 0) is 16.1 Å². The molecule has 0 bridgehead atoms. The van der Waals surface area contributed by atoms with E-state index in [0.717, 1.165) is 4.88 Å².